The Morgan fingerprint density at radius 1 is 1.44 bits per heavy atom. The van der Waals surface area contributed by atoms with E-state index in [-0.39, 0.29) is 18.1 Å². The smallest absolute Gasteiger partial charge is 0.323 e. The summed E-state index contributed by atoms with van der Waals surface area (Å²) < 4.78 is 0. The summed E-state index contributed by atoms with van der Waals surface area (Å²) in [5, 5.41) is 11.5. The van der Waals surface area contributed by atoms with E-state index in [0.717, 1.165) is 0 Å². The molecule has 0 bridgehead atoms. The van der Waals surface area contributed by atoms with Gasteiger partial charge in [0.2, 0.25) is 0 Å². The SMILES string of the molecule is CCNC(=O)c1cc(N(CC)CC(=O)O)ccn1. The van der Waals surface area contributed by atoms with Gasteiger partial charge in [-0.05, 0) is 26.0 Å². The summed E-state index contributed by atoms with van der Waals surface area (Å²) in [6.07, 6.45) is 1.50. The fourth-order valence-corrected chi connectivity index (χ4v) is 1.54. The highest BCUT2D eigenvalue weighted by Crippen LogP contribution is 2.14. The van der Waals surface area contributed by atoms with Crippen LogP contribution in [0.5, 0.6) is 0 Å². The zero-order valence-corrected chi connectivity index (χ0v) is 10.5. The van der Waals surface area contributed by atoms with E-state index < -0.39 is 5.97 Å². The number of pyridine rings is 1. The number of nitrogens with one attached hydrogen (secondary N) is 1. The normalized spacial score (nSPS) is 9.89. The molecule has 0 aliphatic carbocycles. The molecule has 1 aromatic heterocycles. The fraction of sp³-hybridized carbons (Fsp3) is 0.417. The topological polar surface area (TPSA) is 82.5 Å². The number of aromatic nitrogens is 1. The van der Waals surface area contributed by atoms with Crippen LogP contribution in [-0.4, -0.2) is 41.6 Å². The Hall–Kier alpha value is -2.11. The summed E-state index contributed by atoms with van der Waals surface area (Å²) in [6, 6.07) is 3.28. The van der Waals surface area contributed by atoms with E-state index in [9.17, 15) is 9.59 Å². The number of aliphatic carboxylic acids is 1. The molecule has 1 amide bonds. The molecule has 0 aliphatic heterocycles. The molecule has 0 saturated carbocycles. The van der Waals surface area contributed by atoms with E-state index in [0.29, 0.717) is 18.8 Å². The molecule has 0 fully saturated rings. The lowest BCUT2D eigenvalue weighted by molar-refractivity contribution is -0.135. The maximum absolute atomic E-state index is 11.6. The molecule has 0 radical (unpaired) electrons. The number of carbonyl (C=O) groups excluding carboxylic acids is 1. The molecule has 0 aliphatic rings. The van der Waals surface area contributed by atoms with Gasteiger partial charge in [0.25, 0.3) is 5.91 Å². The highest BCUT2D eigenvalue weighted by atomic mass is 16.4. The van der Waals surface area contributed by atoms with Gasteiger partial charge in [0.05, 0.1) is 0 Å². The number of hydrogen-bond acceptors (Lipinski definition) is 4. The van der Waals surface area contributed by atoms with Gasteiger partial charge in [0, 0.05) is 25.0 Å². The Morgan fingerprint density at radius 3 is 2.72 bits per heavy atom. The third-order valence-corrected chi connectivity index (χ3v) is 2.39. The molecular formula is C12H17N3O3. The molecule has 1 rings (SSSR count). The minimum absolute atomic E-state index is 0.102. The molecule has 0 unspecified atom stereocenters. The van der Waals surface area contributed by atoms with Crippen LogP contribution in [0.2, 0.25) is 0 Å². The average Bonchev–Trinajstić information content (AvgIpc) is 2.36. The molecule has 1 aromatic rings. The highest BCUT2D eigenvalue weighted by molar-refractivity contribution is 5.93. The van der Waals surface area contributed by atoms with Gasteiger partial charge < -0.3 is 15.3 Å². The van der Waals surface area contributed by atoms with E-state index in [4.69, 9.17) is 5.11 Å². The second-order valence-electron chi connectivity index (χ2n) is 3.67. The average molecular weight is 251 g/mol. The lowest BCUT2D eigenvalue weighted by Gasteiger charge is -2.20. The summed E-state index contributed by atoms with van der Waals surface area (Å²) >= 11 is 0. The van der Waals surface area contributed by atoms with E-state index >= 15 is 0 Å². The number of amides is 1. The van der Waals surface area contributed by atoms with Crippen molar-refractivity contribution in [2.45, 2.75) is 13.8 Å². The number of hydrogen-bond donors (Lipinski definition) is 2. The van der Waals surface area contributed by atoms with Crippen molar-refractivity contribution in [3.05, 3.63) is 24.0 Å². The second kappa shape index (κ2) is 6.58. The number of rotatable bonds is 6. The zero-order chi connectivity index (χ0) is 13.5. The molecule has 0 atom stereocenters. The van der Waals surface area contributed by atoms with E-state index in [1.165, 1.54) is 6.20 Å². The fourth-order valence-electron chi connectivity index (χ4n) is 1.54. The minimum atomic E-state index is -0.909. The van der Waals surface area contributed by atoms with Crippen LogP contribution in [-0.2, 0) is 4.79 Å². The number of anilines is 1. The van der Waals surface area contributed by atoms with Crippen molar-refractivity contribution < 1.29 is 14.7 Å². The van der Waals surface area contributed by atoms with Gasteiger partial charge in [0.15, 0.2) is 0 Å². The molecule has 2 N–H and O–H groups in total. The van der Waals surface area contributed by atoms with Gasteiger partial charge in [-0.1, -0.05) is 0 Å². The number of likely N-dealkylation sites (N-methyl/N-ethyl adjacent to an activating group) is 1. The van der Waals surface area contributed by atoms with Crippen molar-refractivity contribution in [1.29, 1.82) is 0 Å². The Balaban J connectivity index is 2.92. The van der Waals surface area contributed by atoms with Crippen molar-refractivity contribution in [3.63, 3.8) is 0 Å². The Labute approximate surface area is 106 Å². The summed E-state index contributed by atoms with van der Waals surface area (Å²) in [5.74, 6) is -1.17. The van der Waals surface area contributed by atoms with E-state index in [2.05, 4.69) is 10.3 Å². The lowest BCUT2D eigenvalue weighted by atomic mass is 10.2. The lowest BCUT2D eigenvalue weighted by Crippen LogP contribution is -2.30. The highest BCUT2D eigenvalue weighted by Gasteiger charge is 2.12. The number of carbonyl (C=O) groups is 2. The van der Waals surface area contributed by atoms with Crippen molar-refractivity contribution >= 4 is 17.6 Å². The molecular weight excluding hydrogens is 234 g/mol. The molecule has 0 spiro atoms. The van der Waals surface area contributed by atoms with E-state index in [1.807, 2.05) is 13.8 Å². The largest absolute Gasteiger partial charge is 0.480 e. The first kappa shape index (κ1) is 14.0. The number of carboxylic acids is 1. The third kappa shape index (κ3) is 3.73. The van der Waals surface area contributed by atoms with Crippen LogP contribution >= 0.6 is 0 Å². The number of nitrogens with zero attached hydrogens (tertiary/aromatic N) is 2. The summed E-state index contributed by atoms with van der Waals surface area (Å²) in [4.78, 5) is 28.0. The monoisotopic (exact) mass is 251 g/mol. The van der Waals surface area contributed by atoms with E-state index in [1.54, 1.807) is 17.0 Å². The second-order valence-corrected chi connectivity index (χ2v) is 3.67. The molecule has 98 valence electrons. The van der Waals surface area contributed by atoms with Gasteiger partial charge in [-0.25, -0.2) is 0 Å². The first-order valence-electron chi connectivity index (χ1n) is 5.79. The zero-order valence-electron chi connectivity index (χ0n) is 10.5. The Bertz CT molecular complexity index is 434. The van der Waals surface area contributed by atoms with Crippen molar-refractivity contribution in [2.24, 2.45) is 0 Å². The van der Waals surface area contributed by atoms with Crippen molar-refractivity contribution in [2.75, 3.05) is 24.5 Å². The summed E-state index contributed by atoms with van der Waals surface area (Å²) in [7, 11) is 0. The summed E-state index contributed by atoms with van der Waals surface area (Å²) in [6.45, 7) is 4.65. The van der Waals surface area contributed by atoms with Crippen LogP contribution in [0, 0.1) is 0 Å². The molecule has 6 nitrogen and oxygen atoms in total. The van der Waals surface area contributed by atoms with Gasteiger partial charge in [-0.2, -0.15) is 0 Å². The van der Waals surface area contributed by atoms with Crippen LogP contribution in [0.4, 0.5) is 5.69 Å². The maximum Gasteiger partial charge on any atom is 0.323 e. The quantitative estimate of drug-likeness (QED) is 0.779. The van der Waals surface area contributed by atoms with Crippen LogP contribution < -0.4 is 10.2 Å². The van der Waals surface area contributed by atoms with Gasteiger partial charge in [0.1, 0.15) is 12.2 Å². The van der Waals surface area contributed by atoms with Crippen molar-refractivity contribution in [1.82, 2.24) is 10.3 Å². The predicted molar refractivity (Wildman–Crippen MR) is 67.8 cm³/mol. The Morgan fingerprint density at radius 2 is 2.17 bits per heavy atom. The van der Waals surface area contributed by atoms with Crippen LogP contribution in [0.25, 0.3) is 0 Å². The molecule has 6 heteroatoms. The van der Waals surface area contributed by atoms with Gasteiger partial charge in [-0.15, -0.1) is 0 Å². The molecule has 18 heavy (non-hydrogen) atoms. The third-order valence-electron chi connectivity index (χ3n) is 2.39. The summed E-state index contributed by atoms with van der Waals surface area (Å²) in [5.41, 5.74) is 0.967. The molecule has 0 saturated heterocycles. The maximum atomic E-state index is 11.6. The molecule has 0 aromatic carbocycles. The predicted octanol–water partition coefficient (Wildman–Crippen LogP) is 0.742. The first-order chi connectivity index (χ1) is 8.58. The number of carboxylic acid groups (broad SMARTS) is 1. The first-order valence-corrected chi connectivity index (χ1v) is 5.79. The van der Waals surface area contributed by atoms with Gasteiger partial charge in [-0.3, -0.25) is 14.6 Å². The van der Waals surface area contributed by atoms with Crippen LogP contribution in [0.15, 0.2) is 18.3 Å². The van der Waals surface area contributed by atoms with Crippen molar-refractivity contribution in [3.8, 4) is 0 Å². The Kier molecular flexibility index (Phi) is 5.10. The minimum Gasteiger partial charge on any atom is -0.480 e. The van der Waals surface area contributed by atoms with Gasteiger partial charge >= 0.3 is 5.97 Å². The van der Waals surface area contributed by atoms with Crippen LogP contribution in [0.1, 0.15) is 24.3 Å². The standard InChI is InChI=1S/C12H17N3O3/c1-3-13-12(18)10-7-9(5-6-14-10)15(4-2)8-11(16)17/h5-7H,3-4,8H2,1-2H3,(H,13,18)(H,16,17). The van der Waals surface area contributed by atoms with Crippen LogP contribution in [0.3, 0.4) is 0 Å². The molecule has 1 heterocycles.